The zero-order chi connectivity index (χ0) is 76.0. The summed E-state index contributed by atoms with van der Waals surface area (Å²) in [5, 5.41) is 10.6. The molecule has 0 fully saturated rings. The van der Waals surface area contributed by atoms with Crippen molar-refractivity contribution in [2.24, 2.45) is 0 Å². The van der Waals surface area contributed by atoms with Gasteiger partial charge in [0.2, 0.25) is 0 Å². The summed E-state index contributed by atoms with van der Waals surface area (Å²) in [7, 11) is -9.92. The monoisotopic (exact) mass is 1520 g/mol. The third kappa shape index (κ3) is 78.2. The number of carbonyl (C=O) groups excluding carboxylic acids is 4. The van der Waals surface area contributed by atoms with Gasteiger partial charge < -0.3 is 33.8 Å². The second-order valence-corrected chi connectivity index (χ2v) is 33.5. The lowest BCUT2D eigenvalue weighted by Crippen LogP contribution is -2.30. The molecule has 0 saturated carbocycles. The van der Waals surface area contributed by atoms with E-state index in [4.69, 9.17) is 37.0 Å². The van der Waals surface area contributed by atoms with E-state index in [9.17, 15) is 43.2 Å². The third-order valence-corrected chi connectivity index (χ3v) is 22.0. The minimum absolute atomic E-state index is 0.109. The first-order valence-electron chi connectivity index (χ1n) is 44.3. The predicted octanol–water partition coefficient (Wildman–Crippen LogP) is 26.1. The van der Waals surface area contributed by atoms with E-state index in [1.807, 2.05) is 0 Å². The molecule has 0 aromatic rings. The molecule has 5 atom stereocenters. The van der Waals surface area contributed by atoms with Crippen molar-refractivity contribution in [2.45, 2.75) is 483 Å². The second-order valence-electron chi connectivity index (χ2n) is 30.6. The smallest absolute Gasteiger partial charge is 0.462 e. The first-order valence-corrected chi connectivity index (χ1v) is 47.3. The van der Waals surface area contributed by atoms with E-state index in [1.165, 1.54) is 283 Å². The number of aliphatic hydroxyl groups is 1. The number of hydrogen-bond acceptors (Lipinski definition) is 15. The Labute approximate surface area is 638 Å². The largest absolute Gasteiger partial charge is 0.472 e. The van der Waals surface area contributed by atoms with Crippen LogP contribution in [0.5, 0.6) is 0 Å². The number of carbonyl (C=O) groups is 4. The predicted molar refractivity (Wildman–Crippen MR) is 428 cm³/mol. The second kappa shape index (κ2) is 79.2. The van der Waals surface area contributed by atoms with Crippen LogP contribution in [-0.4, -0.2) is 96.7 Å². The normalized spacial score (nSPS) is 13.7. The molecular formula is C85H166O17P2. The van der Waals surface area contributed by atoms with Crippen LogP contribution in [0.2, 0.25) is 0 Å². The number of rotatable bonds is 86. The van der Waals surface area contributed by atoms with E-state index < -0.39 is 97.5 Å². The molecule has 0 aromatic carbocycles. The van der Waals surface area contributed by atoms with Gasteiger partial charge in [-0.05, 0) is 25.7 Å². The molecule has 2 unspecified atom stereocenters. The van der Waals surface area contributed by atoms with Crippen molar-refractivity contribution >= 4 is 39.5 Å². The summed E-state index contributed by atoms with van der Waals surface area (Å²) < 4.78 is 68.7. The molecule has 17 nitrogen and oxygen atoms in total. The average Bonchev–Trinajstić information content (AvgIpc) is 0.970. The number of esters is 4. The quantitative estimate of drug-likeness (QED) is 0.0222. The van der Waals surface area contributed by atoms with Crippen LogP contribution in [-0.2, 0) is 65.4 Å². The molecule has 0 spiro atoms. The summed E-state index contributed by atoms with van der Waals surface area (Å²) >= 11 is 0. The van der Waals surface area contributed by atoms with Gasteiger partial charge in [-0.2, -0.15) is 0 Å². The SMILES string of the molecule is CCCCCCCCCCCCCCCCCCCCCCCC(=O)O[C@H](COC(=O)CCCCCCCCCCCCCCCCCCCC)COP(=O)(O)OC[C@@H](O)COP(=O)(O)OC[C@@H](COC(=O)CCCCCCCCC)OC(=O)CCCCCCCCCCCCCCCCCCCC. The van der Waals surface area contributed by atoms with Gasteiger partial charge in [0.1, 0.15) is 19.3 Å². The number of phosphoric ester groups is 2. The minimum atomic E-state index is -4.96. The standard InChI is InChI=1S/C85H166O17P2/c1-5-9-13-17-21-24-27-30-33-36-39-40-41-44-47-50-53-56-60-64-68-72-85(90)102-81(76-96-83(88)70-66-62-58-54-51-48-45-42-37-34-31-28-25-22-18-14-10-6-2)78-100-104(93,94)98-74-79(86)73-97-103(91,92)99-77-80(75-95-82(87)69-65-61-57-20-16-12-8-4)101-84(89)71-67-63-59-55-52-49-46-43-38-35-32-29-26-23-19-15-11-7-3/h79-81,86H,5-78H2,1-4H3,(H,91,92)(H,93,94)/t79-,80+,81+/m0/s1. The average molecular weight is 1520 g/mol. The fourth-order valence-corrected chi connectivity index (χ4v) is 14.9. The van der Waals surface area contributed by atoms with Gasteiger partial charge in [-0.1, -0.05) is 413 Å². The lowest BCUT2D eigenvalue weighted by atomic mass is 10.0. The van der Waals surface area contributed by atoms with Crippen molar-refractivity contribution in [2.75, 3.05) is 39.6 Å². The Morgan fingerprint density at radius 2 is 0.385 bits per heavy atom. The van der Waals surface area contributed by atoms with Crippen molar-refractivity contribution in [3.63, 3.8) is 0 Å². The molecule has 0 rings (SSSR count). The Hall–Kier alpha value is -1.94. The summed E-state index contributed by atoms with van der Waals surface area (Å²) in [6, 6.07) is 0. The Balaban J connectivity index is 5.15. The van der Waals surface area contributed by atoms with Gasteiger partial charge in [-0.3, -0.25) is 37.3 Å². The molecule has 0 saturated heterocycles. The van der Waals surface area contributed by atoms with Crippen LogP contribution >= 0.6 is 15.6 Å². The van der Waals surface area contributed by atoms with Crippen molar-refractivity contribution in [1.82, 2.24) is 0 Å². The lowest BCUT2D eigenvalue weighted by Gasteiger charge is -2.21. The summed E-state index contributed by atoms with van der Waals surface area (Å²) in [5.74, 6) is -2.10. The summed E-state index contributed by atoms with van der Waals surface area (Å²) in [6.45, 7) is 5.01. The molecule has 19 heteroatoms. The van der Waals surface area contributed by atoms with Crippen molar-refractivity contribution < 1.29 is 80.2 Å². The summed E-state index contributed by atoms with van der Waals surface area (Å²) in [6.07, 6.45) is 73.9. The molecule has 0 radical (unpaired) electrons. The molecule has 0 aliphatic heterocycles. The first kappa shape index (κ1) is 102. The molecular weight excluding hydrogens is 1350 g/mol. The summed E-state index contributed by atoms with van der Waals surface area (Å²) in [4.78, 5) is 73.0. The maximum Gasteiger partial charge on any atom is 0.472 e. The van der Waals surface area contributed by atoms with E-state index in [0.717, 1.165) is 103 Å². The maximum absolute atomic E-state index is 13.1. The highest BCUT2D eigenvalue weighted by Crippen LogP contribution is 2.45. The van der Waals surface area contributed by atoms with E-state index in [1.54, 1.807) is 0 Å². The highest BCUT2D eigenvalue weighted by atomic mass is 31.2. The number of unbranched alkanes of at least 4 members (excludes halogenated alkanes) is 60. The highest BCUT2D eigenvalue weighted by molar-refractivity contribution is 7.47. The van der Waals surface area contributed by atoms with Crippen LogP contribution in [0.4, 0.5) is 0 Å². The molecule has 0 aliphatic rings. The number of ether oxygens (including phenoxy) is 4. The Morgan fingerprint density at radius 1 is 0.231 bits per heavy atom. The van der Waals surface area contributed by atoms with E-state index >= 15 is 0 Å². The van der Waals surface area contributed by atoms with Crippen LogP contribution in [0, 0.1) is 0 Å². The minimum Gasteiger partial charge on any atom is -0.462 e. The van der Waals surface area contributed by atoms with Gasteiger partial charge in [-0.25, -0.2) is 9.13 Å². The number of aliphatic hydroxyl groups excluding tert-OH is 1. The van der Waals surface area contributed by atoms with Crippen molar-refractivity contribution in [3.8, 4) is 0 Å². The van der Waals surface area contributed by atoms with Crippen LogP contribution in [0.3, 0.4) is 0 Å². The van der Waals surface area contributed by atoms with Crippen LogP contribution in [0.25, 0.3) is 0 Å². The molecule has 3 N–H and O–H groups in total. The lowest BCUT2D eigenvalue weighted by molar-refractivity contribution is -0.161. The third-order valence-electron chi connectivity index (χ3n) is 20.1. The van der Waals surface area contributed by atoms with Crippen molar-refractivity contribution in [3.05, 3.63) is 0 Å². The maximum atomic E-state index is 13.1. The topological polar surface area (TPSA) is 237 Å². The van der Waals surface area contributed by atoms with Crippen LogP contribution in [0.15, 0.2) is 0 Å². The van der Waals surface area contributed by atoms with Gasteiger partial charge in [0.25, 0.3) is 0 Å². The zero-order valence-corrected chi connectivity index (χ0v) is 69.8. The van der Waals surface area contributed by atoms with E-state index in [2.05, 4.69) is 27.7 Å². The van der Waals surface area contributed by atoms with Gasteiger partial charge in [0.15, 0.2) is 12.2 Å². The Bertz CT molecular complexity index is 1960. The molecule has 0 aliphatic carbocycles. The van der Waals surface area contributed by atoms with Crippen molar-refractivity contribution in [1.29, 1.82) is 0 Å². The van der Waals surface area contributed by atoms with Gasteiger partial charge in [0.05, 0.1) is 26.4 Å². The van der Waals surface area contributed by atoms with Gasteiger partial charge in [0, 0.05) is 25.7 Å². The molecule has 0 amide bonds. The number of hydrogen-bond donors (Lipinski definition) is 3. The van der Waals surface area contributed by atoms with Gasteiger partial charge >= 0.3 is 39.5 Å². The first-order chi connectivity index (χ1) is 50.7. The molecule has 0 aromatic heterocycles. The molecule has 0 bridgehead atoms. The summed E-state index contributed by atoms with van der Waals surface area (Å²) in [5.41, 5.74) is 0. The molecule has 0 heterocycles. The fourth-order valence-electron chi connectivity index (χ4n) is 13.3. The highest BCUT2D eigenvalue weighted by Gasteiger charge is 2.30. The Kier molecular flexibility index (Phi) is 77.7. The van der Waals surface area contributed by atoms with Crippen LogP contribution in [0.1, 0.15) is 464 Å². The zero-order valence-electron chi connectivity index (χ0n) is 68.0. The fraction of sp³-hybridized carbons (Fsp3) is 0.953. The molecule has 104 heavy (non-hydrogen) atoms. The number of phosphoric acid groups is 2. The van der Waals surface area contributed by atoms with Gasteiger partial charge in [-0.15, -0.1) is 0 Å². The Morgan fingerprint density at radius 3 is 0.567 bits per heavy atom. The van der Waals surface area contributed by atoms with E-state index in [-0.39, 0.29) is 25.7 Å². The molecule has 618 valence electrons. The van der Waals surface area contributed by atoms with Crippen LogP contribution < -0.4 is 0 Å². The van der Waals surface area contributed by atoms with E-state index in [0.29, 0.717) is 25.7 Å².